The molecule has 0 aliphatic carbocycles. The van der Waals surface area contributed by atoms with E-state index in [9.17, 15) is 23.3 Å². The second kappa shape index (κ2) is 11.8. The number of nitro groups is 1. The van der Waals surface area contributed by atoms with Crippen molar-refractivity contribution in [3.05, 3.63) is 93.5 Å². The molecule has 1 amide bonds. The van der Waals surface area contributed by atoms with Crippen molar-refractivity contribution in [3.8, 4) is 0 Å². The van der Waals surface area contributed by atoms with Crippen LogP contribution in [0.5, 0.6) is 0 Å². The highest BCUT2D eigenvalue weighted by Crippen LogP contribution is 2.31. The number of benzene rings is 3. The number of nitro benzene ring substituents is 1. The van der Waals surface area contributed by atoms with Crippen LogP contribution in [0.25, 0.3) is 10.2 Å². The molecular weight excluding hydrogens is 566 g/mol. The first-order valence-electron chi connectivity index (χ1n) is 12.8. The number of nitrogens with zero attached hydrogens (tertiary/aromatic N) is 5. The largest absolute Gasteiger partial charge is 0.377 e. The normalized spacial score (nSPS) is 15.6. The van der Waals surface area contributed by atoms with Crippen molar-refractivity contribution >= 4 is 54.5 Å². The lowest BCUT2D eigenvalue weighted by atomic mass is 10.2. The molecule has 3 aromatic carbocycles. The molecule has 1 unspecified atom stereocenters. The molecule has 1 atom stereocenters. The number of anilines is 1. The Hall–Kier alpha value is -4.04. The highest BCUT2D eigenvalue weighted by Gasteiger charge is 2.27. The minimum atomic E-state index is -3.78. The third-order valence-corrected chi connectivity index (χ3v) is 9.46. The summed E-state index contributed by atoms with van der Waals surface area (Å²) in [7, 11) is -2.26. The number of carbonyl (C=O) groups is 1. The van der Waals surface area contributed by atoms with Gasteiger partial charge in [0.1, 0.15) is 0 Å². The lowest BCUT2D eigenvalue weighted by Gasteiger charge is -2.20. The fraction of sp³-hybridized carbons (Fsp3) is 0.250. The topological polar surface area (TPSA) is 135 Å². The van der Waals surface area contributed by atoms with Gasteiger partial charge in [0.25, 0.3) is 11.6 Å². The first-order chi connectivity index (χ1) is 19.6. The van der Waals surface area contributed by atoms with E-state index in [-0.39, 0.29) is 28.8 Å². The Morgan fingerprint density at radius 2 is 1.90 bits per heavy atom. The minimum Gasteiger partial charge on any atom is -0.377 e. The smallest absolute Gasteiger partial charge is 0.280 e. The van der Waals surface area contributed by atoms with E-state index in [0.29, 0.717) is 22.8 Å². The molecule has 13 heteroatoms. The summed E-state index contributed by atoms with van der Waals surface area (Å²) < 4.78 is 33.9. The summed E-state index contributed by atoms with van der Waals surface area (Å²) in [4.78, 5) is 28.8. The zero-order valence-electron chi connectivity index (χ0n) is 22.3. The summed E-state index contributed by atoms with van der Waals surface area (Å²) in [5.74, 6) is -0.518. The molecule has 0 saturated carbocycles. The Labute approximate surface area is 240 Å². The summed E-state index contributed by atoms with van der Waals surface area (Å²) >= 11 is 1.29. The van der Waals surface area contributed by atoms with Gasteiger partial charge in [-0.3, -0.25) is 14.9 Å². The number of non-ortho nitro benzene ring substituents is 1. The fourth-order valence-corrected chi connectivity index (χ4v) is 6.57. The number of ether oxygens (including phenoxy) is 1. The van der Waals surface area contributed by atoms with Gasteiger partial charge >= 0.3 is 0 Å². The summed E-state index contributed by atoms with van der Waals surface area (Å²) in [6.07, 6.45) is 3.01. The van der Waals surface area contributed by atoms with Gasteiger partial charge < -0.3 is 4.74 Å². The Morgan fingerprint density at radius 3 is 2.56 bits per heavy atom. The molecule has 212 valence electrons. The van der Waals surface area contributed by atoms with E-state index in [1.165, 1.54) is 77.4 Å². The number of fused-ring (bicyclic) bond motifs is 1. The molecule has 0 spiro atoms. The van der Waals surface area contributed by atoms with Crippen LogP contribution in [0.3, 0.4) is 0 Å². The van der Waals surface area contributed by atoms with Crippen molar-refractivity contribution in [1.82, 2.24) is 9.29 Å². The molecule has 41 heavy (non-hydrogen) atoms. The Kier molecular flexibility index (Phi) is 8.22. The van der Waals surface area contributed by atoms with Crippen molar-refractivity contribution in [2.24, 2.45) is 5.10 Å². The molecular formula is C28H27N5O6S2. The fourth-order valence-electron chi connectivity index (χ4n) is 4.35. The van der Waals surface area contributed by atoms with Crippen LogP contribution in [-0.2, 0) is 14.8 Å². The van der Waals surface area contributed by atoms with Gasteiger partial charge in [-0.15, -0.1) is 0 Å². The Balaban J connectivity index is 1.43. The second-order valence-electron chi connectivity index (χ2n) is 9.62. The zero-order chi connectivity index (χ0) is 29.1. The lowest BCUT2D eigenvalue weighted by molar-refractivity contribution is -0.384. The predicted octanol–water partition coefficient (Wildman–Crippen LogP) is 4.99. The van der Waals surface area contributed by atoms with Gasteiger partial charge in [0.05, 0.1) is 32.4 Å². The highest BCUT2D eigenvalue weighted by atomic mass is 32.2. The zero-order valence-corrected chi connectivity index (χ0v) is 24.0. The number of likely N-dealkylation sites (N-methyl/N-ethyl adjacent to an activating group) is 1. The van der Waals surface area contributed by atoms with Gasteiger partial charge in [-0.1, -0.05) is 17.4 Å². The van der Waals surface area contributed by atoms with Crippen LogP contribution in [0.15, 0.2) is 76.7 Å². The molecule has 0 radical (unpaired) electrons. The van der Waals surface area contributed by atoms with Crippen molar-refractivity contribution < 1.29 is 22.9 Å². The Morgan fingerprint density at radius 1 is 1.17 bits per heavy atom. The summed E-state index contributed by atoms with van der Waals surface area (Å²) in [6.45, 7) is 2.85. The van der Waals surface area contributed by atoms with Crippen LogP contribution in [0.1, 0.15) is 34.3 Å². The van der Waals surface area contributed by atoms with E-state index in [1.54, 1.807) is 0 Å². The second-order valence-corrected chi connectivity index (χ2v) is 12.7. The van der Waals surface area contributed by atoms with Crippen LogP contribution >= 0.6 is 11.3 Å². The number of hydrazone groups is 1. The quantitative estimate of drug-likeness (QED) is 0.151. The SMILES string of the molecule is Cc1ccc2nc(N(/N=C/c3ccc([N+](=O)[O-])cc3)C(=O)c3ccc(S(=O)(=O)N(C)CC4CCCO4)cc3)sc2c1. The minimum absolute atomic E-state index is 0.0611. The summed E-state index contributed by atoms with van der Waals surface area (Å²) in [5.41, 5.74) is 2.44. The number of sulfonamides is 1. The molecule has 11 nitrogen and oxygen atoms in total. The van der Waals surface area contributed by atoms with Crippen LogP contribution in [0.4, 0.5) is 10.8 Å². The summed E-state index contributed by atoms with van der Waals surface area (Å²) in [5, 5.41) is 16.8. The van der Waals surface area contributed by atoms with Crippen molar-refractivity contribution in [2.75, 3.05) is 25.2 Å². The molecule has 1 saturated heterocycles. The van der Waals surface area contributed by atoms with Crippen LogP contribution in [0, 0.1) is 17.0 Å². The van der Waals surface area contributed by atoms with Crippen LogP contribution in [0.2, 0.25) is 0 Å². The monoisotopic (exact) mass is 593 g/mol. The number of carbonyl (C=O) groups excluding carboxylic acids is 1. The van der Waals surface area contributed by atoms with Crippen LogP contribution in [-0.4, -0.2) is 61.1 Å². The maximum Gasteiger partial charge on any atom is 0.280 e. The van der Waals surface area contributed by atoms with E-state index in [4.69, 9.17) is 4.74 Å². The average molecular weight is 594 g/mol. The molecule has 2 heterocycles. The molecule has 4 aromatic rings. The number of amides is 1. The number of rotatable bonds is 9. The van der Waals surface area contributed by atoms with E-state index in [0.717, 1.165) is 28.1 Å². The number of hydrogen-bond donors (Lipinski definition) is 0. The van der Waals surface area contributed by atoms with E-state index >= 15 is 0 Å². The standard InChI is InChI=1S/C28H27N5O6S2/c1-19-5-14-25-26(16-19)40-28(30-25)32(29-17-20-6-10-22(11-7-20)33(35)36)27(34)21-8-12-24(13-9-21)41(37,38)31(2)18-23-4-3-15-39-23/h5-14,16-17,23H,3-4,15,18H2,1-2H3/b29-17+. The van der Waals surface area contributed by atoms with Gasteiger partial charge in [0, 0.05) is 37.9 Å². The number of hydrogen-bond acceptors (Lipinski definition) is 9. The van der Waals surface area contributed by atoms with Crippen molar-refractivity contribution in [1.29, 1.82) is 0 Å². The van der Waals surface area contributed by atoms with Gasteiger partial charge in [-0.25, -0.2) is 13.4 Å². The molecule has 5 rings (SSSR count). The Bertz CT molecular complexity index is 1710. The van der Waals surface area contributed by atoms with E-state index < -0.39 is 20.9 Å². The predicted molar refractivity (Wildman–Crippen MR) is 157 cm³/mol. The molecule has 0 N–H and O–H groups in total. The van der Waals surface area contributed by atoms with E-state index in [2.05, 4.69) is 10.1 Å². The van der Waals surface area contributed by atoms with Crippen molar-refractivity contribution in [2.45, 2.75) is 30.8 Å². The van der Waals surface area contributed by atoms with Crippen molar-refractivity contribution in [3.63, 3.8) is 0 Å². The average Bonchev–Trinajstić information content (AvgIpc) is 3.63. The molecule has 1 aliphatic rings. The molecule has 1 aromatic heterocycles. The van der Waals surface area contributed by atoms with Gasteiger partial charge in [-0.2, -0.15) is 14.4 Å². The van der Waals surface area contributed by atoms with Crippen LogP contribution < -0.4 is 5.01 Å². The molecule has 1 fully saturated rings. The van der Waals surface area contributed by atoms with Gasteiger partial charge in [0.2, 0.25) is 15.2 Å². The first kappa shape index (κ1) is 28.5. The first-order valence-corrected chi connectivity index (χ1v) is 15.1. The maximum atomic E-state index is 13.7. The molecule has 1 aliphatic heterocycles. The van der Waals surface area contributed by atoms with Gasteiger partial charge in [-0.05, 0) is 79.4 Å². The number of aromatic nitrogens is 1. The summed E-state index contributed by atoms with van der Waals surface area (Å²) in [6, 6.07) is 17.2. The maximum absolute atomic E-state index is 13.7. The third-order valence-electron chi connectivity index (χ3n) is 6.63. The third kappa shape index (κ3) is 6.33. The highest BCUT2D eigenvalue weighted by molar-refractivity contribution is 7.89. The van der Waals surface area contributed by atoms with E-state index in [1.807, 2.05) is 25.1 Å². The molecule has 0 bridgehead atoms. The van der Waals surface area contributed by atoms with Gasteiger partial charge in [0.15, 0.2) is 0 Å². The lowest BCUT2D eigenvalue weighted by Crippen LogP contribution is -2.34. The number of aryl methyl sites for hydroxylation is 1. The number of thiazole rings is 1.